The summed E-state index contributed by atoms with van der Waals surface area (Å²) in [5, 5.41) is 4.76. The number of alkyl halides is 3. The quantitative estimate of drug-likeness (QED) is 0.833. The molecule has 0 saturated heterocycles. The molecular weight excluding hydrogens is 323 g/mol. The Morgan fingerprint density at radius 2 is 1.75 bits per heavy atom. The van der Waals surface area contributed by atoms with Crippen molar-refractivity contribution in [2.75, 3.05) is 20.1 Å². The van der Waals surface area contributed by atoms with E-state index in [0.717, 1.165) is 12.1 Å². The number of imide groups is 1. The zero-order valence-corrected chi connectivity index (χ0v) is 13.9. The number of benzene rings is 1. The van der Waals surface area contributed by atoms with Crippen LogP contribution in [0.5, 0.6) is 0 Å². The number of amides is 3. The van der Waals surface area contributed by atoms with Gasteiger partial charge in [0.2, 0.25) is 5.91 Å². The molecule has 0 aliphatic heterocycles. The molecule has 134 valence electrons. The van der Waals surface area contributed by atoms with E-state index in [0.29, 0.717) is 18.7 Å². The topological polar surface area (TPSA) is 61.4 Å². The smallest absolute Gasteiger partial charge is 0.338 e. The molecule has 0 aliphatic rings. The van der Waals surface area contributed by atoms with E-state index in [1.165, 1.54) is 12.1 Å². The zero-order valence-electron chi connectivity index (χ0n) is 13.9. The Kier molecular flexibility index (Phi) is 7.21. The van der Waals surface area contributed by atoms with Crippen molar-refractivity contribution in [1.82, 2.24) is 15.5 Å². The highest BCUT2D eigenvalue weighted by molar-refractivity contribution is 5.95. The van der Waals surface area contributed by atoms with Gasteiger partial charge >= 0.3 is 12.2 Å². The molecular formula is C16H22F3N3O2. The predicted molar refractivity (Wildman–Crippen MR) is 84.2 cm³/mol. The van der Waals surface area contributed by atoms with Crippen molar-refractivity contribution >= 4 is 11.9 Å². The molecule has 0 heterocycles. The number of likely N-dealkylation sites (N-methyl/N-ethyl adjacent to an activating group) is 1. The van der Waals surface area contributed by atoms with Gasteiger partial charge in [0.05, 0.1) is 12.1 Å². The zero-order chi connectivity index (χ0) is 18.3. The van der Waals surface area contributed by atoms with Crippen LogP contribution in [0.1, 0.15) is 25.0 Å². The van der Waals surface area contributed by atoms with Gasteiger partial charge in [0.1, 0.15) is 0 Å². The van der Waals surface area contributed by atoms with Crippen LogP contribution in [0.3, 0.4) is 0 Å². The summed E-state index contributed by atoms with van der Waals surface area (Å²) in [6.07, 6.45) is -4.37. The Balaban J connectivity index is 2.44. The number of nitrogens with zero attached hydrogens (tertiary/aromatic N) is 1. The lowest BCUT2D eigenvalue weighted by Crippen LogP contribution is -2.44. The molecule has 1 aromatic rings. The molecule has 0 aromatic heterocycles. The highest BCUT2D eigenvalue weighted by Crippen LogP contribution is 2.29. The maximum Gasteiger partial charge on any atom is 0.416 e. The van der Waals surface area contributed by atoms with E-state index in [2.05, 4.69) is 10.6 Å². The van der Waals surface area contributed by atoms with Crippen molar-refractivity contribution in [3.05, 3.63) is 35.4 Å². The highest BCUT2D eigenvalue weighted by Gasteiger charge is 2.29. The minimum Gasteiger partial charge on any atom is -0.338 e. The average molecular weight is 345 g/mol. The van der Waals surface area contributed by atoms with Crippen molar-refractivity contribution in [1.29, 1.82) is 0 Å². The molecule has 1 aromatic carbocycles. The van der Waals surface area contributed by atoms with Crippen LogP contribution in [0.2, 0.25) is 0 Å². The molecule has 5 nitrogen and oxygen atoms in total. The number of hydrogen-bond acceptors (Lipinski definition) is 3. The Morgan fingerprint density at radius 3 is 2.25 bits per heavy atom. The number of carbonyl (C=O) groups is 2. The molecule has 0 spiro atoms. The summed E-state index contributed by atoms with van der Waals surface area (Å²) in [5.74, 6) is -0.209. The summed E-state index contributed by atoms with van der Waals surface area (Å²) in [6.45, 7) is 4.57. The first kappa shape index (κ1) is 20.0. The van der Waals surface area contributed by atoms with E-state index < -0.39 is 23.7 Å². The SMILES string of the molecule is CC(C)CNC(=O)NC(=O)CN(C)Cc1ccc(C(F)(F)F)cc1. The van der Waals surface area contributed by atoms with Crippen LogP contribution in [0.25, 0.3) is 0 Å². The fraction of sp³-hybridized carbons (Fsp3) is 0.500. The third kappa shape index (κ3) is 7.45. The first-order valence-electron chi connectivity index (χ1n) is 7.50. The molecule has 0 bridgehead atoms. The van der Waals surface area contributed by atoms with Crippen LogP contribution in [-0.4, -0.2) is 37.0 Å². The van der Waals surface area contributed by atoms with Gasteiger partial charge in [0.15, 0.2) is 0 Å². The lowest BCUT2D eigenvalue weighted by Gasteiger charge is -2.17. The van der Waals surface area contributed by atoms with E-state index in [1.54, 1.807) is 11.9 Å². The lowest BCUT2D eigenvalue weighted by molar-refractivity contribution is -0.137. The van der Waals surface area contributed by atoms with Gasteiger partial charge in [-0.2, -0.15) is 13.2 Å². The molecule has 0 saturated carbocycles. The van der Waals surface area contributed by atoms with Crippen molar-refractivity contribution in [3.8, 4) is 0 Å². The van der Waals surface area contributed by atoms with Crippen LogP contribution in [0.4, 0.5) is 18.0 Å². The van der Waals surface area contributed by atoms with Gasteiger partial charge in [-0.25, -0.2) is 4.79 Å². The molecule has 8 heteroatoms. The number of carbonyl (C=O) groups excluding carboxylic acids is 2. The highest BCUT2D eigenvalue weighted by atomic mass is 19.4. The van der Waals surface area contributed by atoms with Gasteiger partial charge in [-0.15, -0.1) is 0 Å². The van der Waals surface area contributed by atoms with Crippen LogP contribution >= 0.6 is 0 Å². The van der Waals surface area contributed by atoms with Crippen LogP contribution < -0.4 is 10.6 Å². The van der Waals surface area contributed by atoms with Gasteiger partial charge in [-0.05, 0) is 30.7 Å². The van der Waals surface area contributed by atoms with Crippen LogP contribution in [0, 0.1) is 5.92 Å². The summed E-state index contributed by atoms with van der Waals surface area (Å²) < 4.78 is 37.5. The van der Waals surface area contributed by atoms with Crippen molar-refractivity contribution < 1.29 is 22.8 Å². The Hall–Kier alpha value is -2.09. The van der Waals surface area contributed by atoms with Gasteiger partial charge in [0.25, 0.3) is 0 Å². The van der Waals surface area contributed by atoms with Gasteiger partial charge in [0, 0.05) is 13.1 Å². The number of nitrogens with one attached hydrogen (secondary N) is 2. The van der Waals surface area contributed by atoms with Crippen molar-refractivity contribution in [2.45, 2.75) is 26.6 Å². The molecule has 0 unspecified atom stereocenters. The fourth-order valence-corrected chi connectivity index (χ4v) is 1.92. The Morgan fingerprint density at radius 1 is 1.17 bits per heavy atom. The largest absolute Gasteiger partial charge is 0.416 e. The number of halogens is 3. The standard InChI is InChI=1S/C16H22F3N3O2/c1-11(2)8-20-15(24)21-14(23)10-22(3)9-12-4-6-13(7-5-12)16(17,18)19/h4-7,11H,8-10H2,1-3H3,(H2,20,21,23,24). The summed E-state index contributed by atoms with van der Waals surface area (Å²) in [6, 6.07) is 4.18. The van der Waals surface area contributed by atoms with E-state index in [9.17, 15) is 22.8 Å². The third-order valence-electron chi connectivity index (χ3n) is 3.07. The van der Waals surface area contributed by atoms with E-state index in [4.69, 9.17) is 0 Å². The Bertz CT molecular complexity index is 557. The lowest BCUT2D eigenvalue weighted by atomic mass is 10.1. The number of hydrogen-bond donors (Lipinski definition) is 2. The van der Waals surface area contributed by atoms with Crippen molar-refractivity contribution in [3.63, 3.8) is 0 Å². The second-order valence-corrected chi connectivity index (χ2v) is 6.02. The Labute approximate surface area is 139 Å². The second-order valence-electron chi connectivity index (χ2n) is 6.02. The minimum atomic E-state index is -4.37. The maximum atomic E-state index is 12.5. The molecule has 24 heavy (non-hydrogen) atoms. The van der Waals surface area contributed by atoms with Gasteiger partial charge < -0.3 is 5.32 Å². The molecule has 3 amide bonds. The van der Waals surface area contributed by atoms with Gasteiger partial charge in [-0.1, -0.05) is 26.0 Å². The first-order chi connectivity index (χ1) is 11.1. The predicted octanol–water partition coefficient (Wildman–Crippen LogP) is 2.62. The monoisotopic (exact) mass is 345 g/mol. The van der Waals surface area contributed by atoms with E-state index >= 15 is 0 Å². The summed E-state index contributed by atoms with van der Waals surface area (Å²) in [4.78, 5) is 24.8. The number of rotatable bonds is 6. The van der Waals surface area contributed by atoms with Crippen LogP contribution in [0.15, 0.2) is 24.3 Å². The average Bonchev–Trinajstić information content (AvgIpc) is 2.44. The maximum absolute atomic E-state index is 12.5. The van der Waals surface area contributed by atoms with E-state index in [1.807, 2.05) is 13.8 Å². The normalized spacial score (nSPS) is 11.7. The fourth-order valence-electron chi connectivity index (χ4n) is 1.92. The van der Waals surface area contributed by atoms with E-state index in [-0.39, 0.29) is 12.5 Å². The van der Waals surface area contributed by atoms with Crippen molar-refractivity contribution in [2.24, 2.45) is 5.92 Å². The summed E-state index contributed by atoms with van der Waals surface area (Å²) in [7, 11) is 1.64. The molecule has 0 radical (unpaired) electrons. The molecule has 0 fully saturated rings. The first-order valence-corrected chi connectivity index (χ1v) is 7.50. The van der Waals surface area contributed by atoms with Crippen LogP contribution in [-0.2, 0) is 17.5 Å². The molecule has 1 rings (SSSR count). The van der Waals surface area contributed by atoms with Gasteiger partial charge in [-0.3, -0.25) is 15.0 Å². The second kappa shape index (κ2) is 8.68. The third-order valence-corrected chi connectivity index (χ3v) is 3.07. The molecule has 0 aliphatic carbocycles. The summed E-state index contributed by atoms with van der Waals surface area (Å²) >= 11 is 0. The molecule has 2 N–H and O–H groups in total. The molecule has 0 atom stereocenters. The minimum absolute atomic E-state index is 0.0455. The summed E-state index contributed by atoms with van der Waals surface area (Å²) in [5.41, 5.74) is -0.0731. The number of urea groups is 1.